The molecule has 0 aromatic heterocycles. The molecule has 2 aliphatic heterocycles. The highest BCUT2D eigenvalue weighted by molar-refractivity contribution is 7.89. The van der Waals surface area contributed by atoms with E-state index in [1.807, 2.05) is 0 Å². The Bertz CT molecular complexity index is 797. The zero-order chi connectivity index (χ0) is 17.7. The van der Waals surface area contributed by atoms with Gasteiger partial charge in [-0.3, -0.25) is 4.79 Å². The molecule has 0 unspecified atom stereocenters. The Morgan fingerprint density at radius 2 is 2.12 bits per heavy atom. The van der Waals surface area contributed by atoms with Gasteiger partial charge in [-0.2, -0.15) is 4.31 Å². The highest BCUT2D eigenvalue weighted by atomic mass is 35.5. The average Bonchev–Trinajstić information content (AvgIpc) is 2.94. The lowest BCUT2D eigenvalue weighted by molar-refractivity contribution is -0.159. The second-order valence-corrected chi connectivity index (χ2v) is 8.97. The molecule has 1 aromatic rings. The van der Waals surface area contributed by atoms with Crippen molar-refractivity contribution in [2.24, 2.45) is 11.3 Å². The molecule has 0 spiro atoms. The summed E-state index contributed by atoms with van der Waals surface area (Å²) in [5.41, 5.74) is -0.716. The summed E-state index contributed by atoms with van der Waals surface area (Å²) in [7, 11) is -3.91. The van der Waals surface area contributed by atoms with Gasteiger partial charge in [0.2, 0.25) is 10.0 Å². The molecule has 6 nitrogen and oxygen atoms in total. The lowest BCUT2D eigenvalue weighted by Gasteiger charge is -2.34. The standard InChI is InChI=1S/C15H17Cl2NO5S/c1-9-11(16)2-3-12(13(9)17)24(21,22)18-6-10-4-5-23-8-15(10,7-18)14(19)20/h2-3,10H,4-8H2,1H3,(H,19,20)/t10-,15+/m0/s1. The smallest absolute Gasteiger partial charge is 0.313 e. The quantitative estimate of drug-likeness (QED) is 0.851. The summed E-state index contributed by atoms with van der Waals surface area (Å²) >= 11 is 12.2. The molecule has 1 N–H and O–H groups in total. The molecule has 2 aliphatic rings. The largest absolute Gasteiger partial charge is 0.481 e. The fraction of sp³-hybridized carbons (Fsp3) is 0.533. The number of fused-ring (bicyclic) bond motifs is 1. The molecule has 24 heavy (non-hydrogen) atoms. The molecule has 0 amide bonds. The third-order valence-electron chi connectivity index (χ3n) is 4.96. The molecule has 0 bridgehead atoms. The number of rotatable bonds is 3. The van der Waals surface area contributed by atoms with Gasteiger partial charge in [-0.1, -0.05) is 23.2 Å². The van der Waals surface area contributed by atoms with Crippen LogP contribution in [0.2, 0.25) is 10.0 Å². The van der Waals surface area contributed by atoms with E-state index in [4.69, 9.17) is 27.9 Å². The second-order valence-electron chi connectivity index (χ2n) is 6.28. The highest BCUT2D eigenvalue weighted by Gasteiger charge is 2.56. The zero-order valence-corrected chi connectivity index (χ0v) is 15.3. The molecule has 2 fully saturated rings. The minimum Gasteiger partial charge on any atom is -0.481 e. The monoisotopic (exact) mass is 393 g/mol. The van der Waals surface area contributed by atoms with Crippen molar-refractivity contribution >= 4 is 39.2 Å². The van der Waals surface area contributed by atoms with Crippen molar-refractivity contribution in [3.8, 4) is 0 Å². The number of hydrogen-bond acceptors (Lipinski definition) is 4. The summed E-state index contributed by atoms with van der Waals surface area (Å²) in [6.45, 7) is 2.13. The number of hydrogen-bond donors (Lipinski definition) is 1. The Hall–Kier alpha value is -0.860. The van der Waals surface area contributed by atoms with Crippen molar-refractivity contribution in [1.82, 2.24) is 4.31 Å². The van der Waals surface area contributed by atoms with Gasteiger partial charge in [0.25, 0.3) is 0 Å². The highest BCUT2D eigenvalue weighted by Crippen LogP contribution is 2.44. The first-order valence-corrected chi connectivity index (χ1v) is 9.65. The van der Waals surface area contributed by atoms with E-state index in [0.717, 1.165) is 0 Å². The summed E-state index contributed by atoms with van der Waals surface area (Å²) in [6, 6.07) is 2.84. The third kappa shape index (κ3) is 2.63. The Labute approximate surface area is 150 Å². The molecule has 0 aliphatic carbocycles. The van der Waals surface area contributed by atoms with Crippen LogP contribution >= 0.6 is 23.2 Å². The molecule has 1 aromatic carbocycles. The van der Waals surface area contributed by atoms with Crippen LogP contribution in [0, 0.1) is 18.3 Å². The Kier molecular flexibility index (Phi) is 4.59. The minimum atomic E-state index is -3.91. The molecular formula is C15H17Cl2NO5S. The van der Waals surface area contributed by atoms with Gasteiger partial charge in [-0.25, -0.2) is 8.42 Å². The zero-order valence-electron chi connectivity index (χ0n) is 13.0. The van der Waals surface area contributed by atoms with Gasteiger partial charge >= 0.3 is 5.97 Å². The number of carboxylic acid groups (broad SMARTS) is 1. The van der Waals surface area contributed by atoms with E-state index in [1.165, 1.54) is 16.4 Å². The predicted molar refractivity (Wildman–Crippen MR) is 89.0 cm³/mol. The normalized spacial score (nSPS) is 27.9. The molecular weight excluding hydrogens is 377 g/mol. The first-order valence-electron chi connectivity index (χ1n) is 7.46. The first kappa shape index (κ1) is 17.9. The lowest BCUT2D eigenvalue weighted by Crippen LogP contribution is -2.46. The number of halogens is 2. The number of nitrogens with zero attached hydrogens (tertiary/aromatic N) is 1. The van der Waals surface area contributed by atoms with Crippen LogP contribution in [-0.2, 0) is 19.6 Å². The van der Waals surface area contributed by atoms with Gasteiger partial charge in [0.15, 0.2) is 0 Å². The molecule has 2 heterocycles. The summed E-state index contributed by atoms with van der Waals surface area (Å²) in [6.07, 6.45) is 0.520. The van der Waals surface area contributed by atoms with Crippen LogP contribution in [0.4, 0.5) is 0 Å². The van der Waals surface area contributed by atoms with E-state index in [9.17, 15) is 18.3 Å². The van der Waals surface area contributed by atoms with Crippen LogP contribution in [0.25, 0.3) is 0 Å². The minimum absolute atomic E-state index is 0.0202. The molecule has 2 atom stereocenters. The molecule has 9 heteroatoms. The van der Waals surface area contributed by atoms with Crippen LogP contribution in [0.15, 0.2) is 17.0 Å². The van der Waals surface area contributed by atoms with Gasteiger partial charge in [0, 0.05) is 24.7 Å². The van der Waals surface area contributed by atoms with Crippen molar-refractivity contribution in [2.75, 3.05) is 26.3 Å². The Balaban J connectivity index is 2.00. The van der Waals surface area contributed by atoms with Crippen LogP contribution in [0.5, 0.6) is 0 Å². The fourth-order valence-electron chi connectivity index (χ4n) is 3.40. The molecule has 132 valence electrons. The van der Waals surface area contributed by atoms with Crippen LogP contribution < -0.4 is 0 Å². The van der Waals surface area contributed by atoms with Crippen LogP contribution in [0.3, 0.4) is 0 Å². The first-order chi connectivity index (χ1) is 11.2. The fourth-order valence-corrected chi connectivity index (χ4v) is 5.74. The topological polar surface area (TPSA) is 83.9 Å². The summed E-state index contributed by atoms with van der Waals surface area (Å²) in [4.78, 5) is 11.7. The van der Waals surface area contributed by atoms with E-state index >= 15 is 0 Å². The molecule has 0 saturated carbocycles. The van der Waals surface area contributed by atoms with Gasteiger partial charge in [0.1, 0.15) is 10.3 Å². The van der Waals surface area contributed by atoms with E-state index in [0.29, 0.717) is 23.6 Å². The number of carbonyl (C=O) groups is 1. The number of benzene rings is 1. The van der Waals surface area contributed by atoms with Gasteiger partial charge in [-0.05, 0) is 37.0 Å². The van der Waals surface area contributed by atoms with Crippen molar-refractivity contribution in [1.29, 1.82) is 0 Å². The summed E-state index contributed by atoms with van der Waals surface area (Å²) in [5, 5.41) is 10.1. The second kappa shape index (κ2) is 6.14. The van der Waals surface area contributed by atoms with Crippen molar-refractivity contribution in [3.05, 3.63) is 27.7 Å². The van der Waals surface area contributed by atoms with E-state index in [1.54, 1.807) is 6.92 Å². The predicted octanol–water partition coefficient (Wildman–Crippen LogP) is 2.41. The third-order valence-corrected chi connectivity index (χ3v) is 7.83. The average molecular weight is 394 g/mol. The summed E-state index contributed by atoms with van der Waals surface area (Å²) in [5.74, 6) is -1.30. The maximum Gasteiger partial charge on any atom is 0.313 e. The number of ether oxygens (including phenoxy) is 1. The number of carboxylic acids is 1. The van der Waals surface area contributed by atoms with Gasteiger partial charge in [-0.15, -0.1) is 0 Å². The maximum atomic E-state index is 13.0. The van der Waals surface area contributed by atoms with E-state index in [2.05, 4.69) is 0 Å². The Morgan fingerprint density at radius 1 is 1.42 bits per heavy atom. The maximum absolute atomic E-state index is 13.0. The van der Waals surface area contributed by atoms with E-state index in [-0.39, 0.29) is 35.5 Å². The molecule has 0 radical (unpaired) electrons. The number of sulfonamides is 1. The van der Waals surface area contributed by atoms with Crippen molar-refractivity contribution in [2.45, 2.75) is 18.2 Å². The molecule has 3 rings (SSSR count). The lowest BCUT2D eigenvalue weighted by atomic mass is 9.76. The van der Waals surface area contributed by atoms with Crippen molar-refractivity contribution < 1.29 is 23.1 Å². The molecule has 2 saturated heterocycles. The van der Waals surface area contributed by atoms with Crippen LogP contribution in [0.1, 0.15) is 12.0 Å². The van der Waals surface area contributed by atoms with Gasteiger partial charge in [0.05, 0.1) is 11.6 Å². The van der Waals surface area contributed by atoms with Crippen molar-refractivity contribution in [3.63, 3.8) is 0 Å². The number of aliphatic carboxylic acids is 1. The SMILES string of the molecule is Cc1c(Cl)ccc(S(=O)(=O)N2C[C@@H]3CCOC[C@]3(C(=O)O)C2)c1Cl. The summed E-state index contributed by atoms with van der Waals surface area (Å²) < 4.78 is 32.5. The van der Waals surface area contributed by atoms with Gasteiger partial charge < -0.3 is 9.84 Å². The van der Waals surface area contributed by atoms with E-state index < -0.39 is 21.4 Å². The Morgan fingerprint density at radius 3 is 2.75 bits per heavy atom. The van der Waals surface area contributed by atoms with Crippen LogP contribution in [-0.4, -0.2) is 50.1 Å².